The molecule has 1 aromatic rings. The van der Waals surface area contributed by atoms with Crippen molar-refractivity contribution in [3.05, 3.63) is 34.3 Å². The number of hydrogen-bond acceptors (Lipinski definition) is 3. The highest BCUT2D eigenvalue weighted by molar-refractivity contribution is 9.10. The molecule has 1 aliphatic carbocycles. The van der Waals surface area contributed by atoms with Gasteiger partial charge in [0.05, 0.1) is 25.7 Å². The highest BCUT2D eigenvalue weighted by Crippen LogP contribution is 2.58. The first kappa shape index (κ1) is 15.5. The van der Waals surface area contributed by atoms with Crippen molar-refractivity contribution in [1.82, 2.24) is 0 Å². The van der Waals surface area contributed by atoms with E-state index in [9.17, 15) is 4.79 Å². The predicted molar refractivity (Wildman–Crippen MR) is 81.2 cm³/mol. The number of esters is 1. The summed E-state index contributed by atoms with van der Waals surface area (Å²) in [6, 6.07) is 8.07. The molecule has 0 aromatic heterocycles. The Morgan fingerprint density at radius 3 is 2.55 bits per heavy atom. The van der Waals surface area contributed by atoms with E-state index in [4.69, 9.17) is 9.47 Å². The van der Waals surface area contributed by atoms with Crippen molar-refractivity contribution >= 4 is 21.9 Å². The molecule has 2 rings (SSSR count). The molecule has 110 valence electrons. The molecule has 1 aliphatic rings. The first-order chi connectivity index (χ1) is 9.46. The standard InChI is InChI=1S/C16H21BrO3/c1-4-20-15(18)14-13(16(14,2)3)10-19-9-11-5-7-12(17)8-6-11/h5-8,13-14H,4,9-10H2,1-3H3. The molecular weight excluding hydrogens is 320 g/mol. The van der Waals surface area contributed by atoms with Crippen LogP contribution in [0.15, 0.2) is 28.7 Å². The number of ether oxygens (including phenoxy) is 2. The van der Waals surface area contributed by atoms with Gasteiger partial charge in [-0.15, -0.1) is 0 Å². The van der Waals surface area contributed by atoms with Crippen molar-refractivity contribution in [3.63, 3.8) is 0 Å². The zero-order chi connectivity index (χ0) is 14.8. The van der Waals surface area contributed by atoms with Gasteiger partial charge in [-0.2, -0.15) is 0 Å². The van der Waals surface area contributed by atoms with Crippen LogP contribution in [0.5, 0.6) is 0 Å². The molecule has 1 aromatic carbocycles. The highest BCUT2D eigenvalue weighted by atomic mass is 79.9. The second kappa shape index (κ2) is 6.27. The topological polar surface area (TPSA) is 35.5 Å². The van der Waals surface area contributed by atoms with Crippen LogP contribution in [0.1, 0.15) is 26.3 Å². The summed E-state index contributed by atoms with van der Waals surface area (Å²) >= 11 is 3.41. The normalized spacial score (nSPS) is 23.4. The molecule has 3 nitrogen and oxygen atoms in total. The van der Waals surface area contributed by atoms with Crippen molar-refractivity contribution in [3.8, 4) is 0 Å². The molecule has 1 fully saturated rings. The van der Waals surface area contributed by atoms with E-state index >= 15 is 0 Å². The quantitative estimate of drug-likeness (QED) is 0.739. The van der Waals surface area contributed by atoms with Crippen molar-refractivity contribution in [2.24, 2.45) is 17.3 Å². The molecule has 0 heterocycles. The fourth-order valence-electron chi connectivity index (χ4n) is 2.64. The number of carbonyl (C=O) groups is 1. The SMILES string of the molecule is CCOC(=O)C1C(COCc2ccc(Br)cc2)C1(C)C. The summed E-state index contributed by atoms with van der Waals surface area (Å²) in [5.74, 6) is 0.152. The van der Waals surface area contributed by atoms with Gasteiger partial charge >= 0.3 is 5.97 Å². The van der Waals surface area contributed by atoms with E-state index in [1.807, 2.05) is 31.2 Å². The molecule has 4 heteroatoms. The Bertz CT molecular complexity index is 467. The Morgan fingerprint density at radius 1 is 1.30 bits per heavy atom. The van der Waals surface area contributed by atoms with Gasteiger partial charge in [0.15, 0.2) is 0 Å². The summed E-state index contributed by atoms with van der Waals surface area (Å²) < 4.78 is 11.9. The Morgan fingerprint density at radius 2 is 1.95 bits per heavy atom. The molecule has 0 spiro atoms. The van der Waals surface area contributed by atoms with E-state index < -0.39 is 0 Å². The maximum atomic E-state index is 11.8. The van der Waals surface area contributed by atoms with Crippen LogP contribution in [0.25, 0.3) is 0 Å². The fraction of sp³-hybridized carbons (Fsp3) is 0.562. The van der Waals surface area contributed by atoms with Gasteiger partial charge in [-0.25, -0.2) is 0 Å². The summed E-state index contributed by atoms with van der Waals surface area (Å²) in [6.07, 6.45) is 0. The van der Waals surface area contributed by atoms with Crippen molar-refractivity contribution in [1.29, 1.82) is 0 Å². The zero-order valence-electron chi connectivity index (χ0n) is 12.2. The molecule has 0 amide bonds. The van der Waals surface area contributed by atoms with E-state index in [1.165, 1.54) is 0 Å². The lowest BCUT2D eigenvalue weighted by Gasteiger charge is -2.05. The minimum Gasteiger partial charge on any atom is -0.466 e. The van der Waals surface area contributed by atoms with Crippen LogP contribution in [0.4, 0.5) is 0 Å². The molecule has 0 aliphatic heterocycles. The molecular formula is C16H21BrO3. The van der Waals surface area contributed by atoms with Gasteiger partial charge in [0.25, 0.3) is 0 Å². The zero-order valence-corrected chi connectivity index (χ0v) is 13.8. The maximum absolute atomic E-state index is 11.8. The van der Waals surface area contributed by atoms with Crippen LogP contribution in [0.3, 0.4) is 0 Å². The third-order valence-electron chi connectivity index (χ3n) is 4.07. The largest absolute Gasteiger partial charge is 0.466 e. The molecule has 0 bridgehead atoms. The van der Waals surface area contributed by atoms with Crippen molar-refractivity contribution in [2.75, 3.05) is 13.2 Å². The second-order valence-electron chi connectivity index (χ2n) is 5.80. The third-order valence-corrected chi connectivity index (χ3v) is 4.60. The van der Waals surface area contributed by atoms with Gasteiger partial charge in [0, 0.05) is 10.4 Å². The van der Waals surface area contributed by atoms with Gasteiger partial charge in [-0.3, -0.25) is 4.79 Å². The van der Waals surface area contributed by atoms with E-state index in [-0.39, 0.29) is 23.2 Å². The lowest BCUT2D eigenvalue weighted by molar-refractivity contribution is -0.145. The van der Waals surface area contributed by atoms with Crippen LogP contribution < -0.4 is 0 Å². The Labute approximate surface area is 128 Å². The molecule has 0 saturated heterocycles. The maximum Gasteiger partial charge on any atom is 0.309 e. The summed E-state index contributed by atoms with van der Waals surface area (Å²) in [4.78, 5) is 11.8. The van der Waals surface area contributed by atoms with Gasteiger partial charge < -0.3 is 9.47 Å². The summed E-state index contributed by atoms with van der Waals surface area (Å²) in [5.41, 5.74) is 1.13. The van der Waals surface area contributed by atoms with Gasteiger partial charge in [0.2, 0.25) is 0 Å². The molecule has 1 saturated carbocycles. The van der Waals surface area contributed by atoms with E-state index in [0.717, 1.165) is 10.0 Å². The first-order valence-corrected chi connectivity index (χ1v) is 7.75. The lowest BCUT2D eigenvalue weighted by Crippen LogP contribution is -2.10. The third kappa shape index (κ3) is 3.41. The molecule has 2 atom stereocenters. The molecule has 2 unspecified atom stereocenters. The predicted octanol–water partition coefficient (Wildman–Crippen LogP) is 3.80. The van der Waals surface area contributed by atoms with Gasteiger partial charge in [-0.05, 0) is 30.0 Å². The van der Waals surface area contributed by atoms with Crippen LogP contribution in [0.2, 0.25) is 0 Å². The number of benzene rings is 1. The highest BCUT2D eigenvalue weighted by Gasteiger charge is 2.62. The number of hydrogen-bond donors (Lipinski definition) is 0. The smallest absolute Gasteiger partial charge is 0.309 e. The van der Waals surface area contributed by atoms with Crippen molar-refractivity contribution < 1.29 is 14.3 Å². The Hall–Kier alpha value is -0.870. The first-order valence-electron chi connectivity index (χ1n) is 6.95. The average Bonchev–Trinajstić information content (AvgIpc) is 2.94. The van der Waals surface area contributed by atoms with Gasteiger partial charge in [-0.1, -0.05) is 41.9 Å². The summed E-state index contributed by atoms with van der Waals surface area (Å²) in [6.45, 7) is 7.66. The van der Waals surface area contributed by atoms with Crippen LogP contribution in [0, 0.1) is 17.3 Å². The van der Waals surface area contributed by atoms with Crippen LogP contribution in [-0.4, -0.2) is 19.2 Å². The monoisotopic (exact) mass is 340 g/mol. The van der Waals surface area contributed by atoms with Crippen LogP contribution in [-0.2, 0) is 20.9 Å². The number of halogens is 1. The van der Waals surface area contributed by atoms with E-state index in [1.54, 1.807) is 0 Å². The summed E-state index contributed by atoms with van der Waals surface area (Å²) in [7, 11) is 0. The lowest BCUT2D eigenvalue weighted by atomic mass is 10.1. The van der Waals surface area contributed by atoms with Crippen LogP contribution >= 0.6 is 15.9 Å². The number of carbonyl (C=O) groups excluding carboxylic acids is 1. The fourth-order valence-corrected chi connectivity index (χ4v) is 2.90. The van der Waals surface area contributed by atoms with Crippen molar-refractivity contribution in [2.45, 2.75) is 27.4 Å². The van der Waals surface area contributed by atoms with E-state index in [2.05, 4.69) is 29.8 Å². The molecule has 20 heavy (non-hydrogen) atoms. The minimum absolute atomic E-state index is 0.00797. The summed E-state index contributed by atoms with van der Waals surface area (Å²) in [5, 5.41) is 0. The van der Waals surface area contributed by atoms with E-state index in [0.29, 0.717) is 19.8 Å². The molecule has 0 N–H and O–H groups in total. The van der Waals surface area contributed by atoms with Gasteiger partial charge in [0.1, 0.15) is 0 Å². The average molecular weight is 341 g/mol. The molecule has 0 radical (unpaired) electrons. The minimum atomic E-state index is -0.0882. The Kier molecular flexibility index (Phi) is 4.86. The second-order valence-corrected chi connectivity index (χ2v) is 6.71. The Balaban J connectivity index is 1.80. The number of rotatable bonds is 6.